The van der Waals surface area contributed by atoms with Crippen LogP contribution < -0.4 is 15.4 Å². The summed E-state index contributed by atoms with van der Waals surface area (Å²) in [4.78, 5) is 23.8. The van der Waals surface area contributed by atoms with Crippen molar-refractivity contribution in [2.45, 2.75) is 37.8 Å². The number of hydrogen-bond acceptors (Lipinski definition) is 4. The van der Waals surface area contributed by atoms with E-state index in [-0.39, 0.29) is 18.1 Å². The molecule has 1 aliphatic heterocycles. The van der Waals surface area contributed by atoms with Crippen LogP contribution in [0.4, 0.5) is 4.79 Å². The van der Waals surface area contributed by atoms with Gasteiger partial charge in [0.15, 0.2) is 0 Å². The van der Waals surface area contributed by atoms with E-state index in [4.69, 9.17) is 9.72 Å². The van der Waals surface area contributed by atoms with Crippen LogP contribution in [0.3, 0.4) is 0 Å². The number of imidazole rings is 1. The van der Waals surface area contributed by atoms with E-state index in [0.29, 0.717) is 6.42 Å². The number of nitrogens with one attached hydrogen (secondary N) is 3. The molecule has 3 aromatic carbocycles. The van der Waals surface area contributed by atoms with E-state index >= 15 is 0 Å². The van der Waals surface area contributed by atoms with Gasteiger partial charge in [-0.3, -0.25) is 0 Å². The Balaban J connectivity index is 1.18. The predicted octanol–water partition coefficient (Wildman–Crippen LogP) is 4.86. The molecule has 1 fully saturated rings. The maximum Gasteiger partial charge on any atom is 0.315 e. The van der Waals surface area contributed by atoms with E-state index in [1.807, 2.05) is 48.5 Å². The summed E-state index contributed by atoms with van der Waals surface area (Å²) >= 11 is 0. The zero-order valence-electron chi connectivity index (χ0n) is 21.3. The molecule has 1 atom stereocenters. The number of aromatic amines is 1. The van der Waals surface area contributed by atoms with Crippen molar-refractivity contribution in [3.63, 3.8) is 0 Å². The third-order valence-electron chi connectivity index (χ3n) is 7.12. The Morgan fingerprint density at radius 1 is 1.00 bits per heavy atom. The van der Waals surface area contributed by atoms with E-state index in [1.54, 1.807) is 7.11 Å². The first kappa shape index (κ1) is 24.8. The van der Waals surface area contributed by atoms with Gasteiger partial charge in [-0.15, -0.1) is 0 Å². The fourth-order valence-electron chi connectivity index (χ4n) is 4.97. The van der Waals surface area contributed by atoms with E-state index in [1.165, 1.54) is 5.56 Å². The van der Waals surface area contributed by atoms with Crippen LogP contribution in [-0.4, -0.2) is 53.7 Å². The number of carbonyl (C=O) groups excluding carboxylic acids is 1. The average molecular weight is 498 g/mol. The topological polar surface area (TPSA) is 82.3 Å². The lowest BCUT2D eigenvalue weighted by atomic mass is 10.0. The van der Waals surface area contributed by atoms with Gasteiger partial charge in [-0.1, -0.05) is 54.6 Å². The van der Waals surface area contributed by atoms with Crippen molar-refractivity contribution in [3.8, 4) is 5.75 Å². The zero-order valence-corrected chi connectivity index (χ0v) is 21.3. The lowest BCUT2D eigenvalue weighted by Crippen LogP contribution is -2.49. The zero-order chi connectivity index (χ0) is 25.5. The predicted molar refractivity (Wildman–Crippen MR) is 147 cm³/mol. The molecule has 1 saturated heterocycles. The second-order valence-electron chi connectivity index (χ2n) is 9.71. The third kappa shape index (κ3) is 6.68. The number of fused-ring (bicyclic) bond motifs is 1. The molecular weight excluding hydrogens is 462 g/mol. The number of nitrogens with zero attached hydrogens (tertiary/aromatic N) is 2. The monoisotopic (exact) mass is 497 g/mol. The number of amides is 2. The summed E-state index contributed by atoms with van der Waals surface area (Å²) in [5.41, 5.74) is 4.32. The minimum absolute atomic E-state index is 0.151. The first-order valence-electron chi connectivity index (χ1n) is 13.1. The number of likely N-dealkylation sites (tertiary alicyclic amines) is 1. The van der Waals surface area contributed by atoms with Gasteiger partial charge in [0.25, 0.3) is 0 Å². The summed E-state index contributed by atoms with van der Waals surface area (Å²) in [6, 6.07) is 26.2. The fourth-order valence-corrected chi connectivity index (χ4v) is 4.97. The summed E-state index contributed by atoms with van der Waals surface area (Å²) in [7, 11) is 1.66. The molecule has 2 heterocycles. The molecule has 5 rings (SSSR count). The normalized spacial score (nSPS) is 15.4. The molecule has 0 bridgehead atoms. The first-order chi connectivity index (χ1) is 18.2. The number of benzene rings is 3. The van der Waals surface area contributed by atoms with Crippen LogP contribution in [0.15, 0.2) is 78.9 Å². The average Bonchev–Trinajstić information content (AvgIpc) is 3.38. The maximum atomic E-state index is 13.1. The number of para-hydroxylation sites is 2. The van der Waals surface area contributed by atoms with Gasteiger partial charge in [-0.2, -0.15) is 0 Å². The highest BCUT2D eigenvalue weighted by Gasteiger charge is 2.23. The van der Waals surface area contributed by atoms with Crippen molar-refractivity contribution in [2.24, 2.45) is 0 Å². The Labute approximate surface area is 218 Å². The fraction of sp³-hybridized carbons (Fsp3) is 0.333. The summed E-state index contributed by atoms with van der Waals surface area (Å²) in [5, 5.41) is 6.40. The Morgan fingerprint density at radius 2 is 1.73 bits per heavy atom. The van der Waals surface area contributed by atoms with Crippen LogP contribution in [0.5, 0.6) is 5.75 Å². The molecule has 0 spiro atoms. The van der Waals surface area contributed by atoms with Crippen LogP contribution in [0.25, 0.3) is 11.0 Å². The molecule has 1 aliphatic rings. The standard InChI is InChI=1S/C30H35N5O2/c1-37-25-13-11-23(12-14-25)21-28(29-32-26-9-5-6-10-27(26)33-29)34-30(36)31-24-16-19-35(20-17-24)18-15-22-7-3-2-4-8-22/h2-14,24,28H,15-21H2,1H3,(H,32,33)(H2,31,34,36). The Morgan fingerprint density at radius 3 is 2.46 bits per heavy atom. The molecule has 0 aliphatic carbocycles. The second-order valence-corrected chi connectivity index (χ2v) is 9.71. The van der Waals surface area contributed by atoms with Crippen molar-refractivity contribution in [2.75, 3.05) is 26.7 Å². The van der Waals surface area contributed by atoms with E-state index in [2.05, 4.69) is 50.8 Å². The van der Waals surface area contributed by atoms with E-state index < -0.39 is 0 Å². The number of methoxy groups -OCH3 is 1. The molecule has 7 heteroatoms. The number of piperidine rings is 1. The quantitative estimate of drug-likeness (QED) is 0.308. The van der Waals surface area contributed by atoms with Gasteiger partial charge >= 0.3 is 6.03 Å². The van der Waals surface area contributed by atoms with Gasteiger partial charge in [0, 0.05) is 25.7 Å². The van der Waals surface area contributed by atoms with Gasteiger partial charge < -0.3 is 25.3 Å². The molecule has 4 aromatic rings. The number of rotatable bonds is 9. The minimum Gasteiger partial charge on any atom is -0.497 e. The highest BCUT2D eigenvalue weighted by molar-refractivity contribution is 5.76. The highest BCUT2D eigenvalue weighted by Crippen LogP contribution is 2.22. The van der Waals surface area contributed by atoms with Crippen molar-refractivity contribution >= 4 is 17.1 Å². The summed E-state index contributed by atoms with van der Waals surface area (Å²) in [5.74, 6) is 1.56. The maximum absolute atomic E-state index is 13.1. The van der Waals surface area contributed by atoms with Gasteiger partial charge in [-0.05, 0) is 61.1 Å². The molecule has 37 heavy (non-hydrogen) atoms. The lowest BCUT2D eigenvalue weighted by Gasteiger charge is -2.32. The van der Waals surface area contributed by atoms with Gasteiger partial charge in [0.05, 0.1) is 24.2 Å². The number of ether oxygens (including phenoxy) is 1. The molecule has 3 N–H and O–H groups in total. The number of H-pyrrole nitrogens is 1. The summed E-state index contributed by atoms with van der Waals surface area (Å²) in [6.45, 7) is 3.05. The molecule has 1 unspecified atom stereocenters. The number of aromatic nitrogens is 2. The van der Waals surface area contributed by atoms with Crippen molar-refractivity contribution < 1.29 is 9.53 Å². The minimum atomic E-state index is -0.285. The molecule has 0 radical (unpaired) electrons. The molecule has 7 nitrogen and oxygen atoms in total. The van der Waals surface area contributed by atoms with E-state index in [0.717, 1.165) is 67.1 Å². The van der Waals surface area contributed by atoms with Crippen LogP contribution in [0, 0.1) is 0 Å². The highest BCUT2D eigenvalue weighted by atomic mass is 16.5. The Kier molecular flexibility index (Phi) is 8.01. The van der Waals surface area contributed by atoms with Crippen LogP contribution in [0.2, 0.25) is 0 Å². The lowest BCUT2D eigenvalue weighted by molar-refractivity contribution is 0.192. The largest absolute Gasteiger partial charge is 0.497 e. The van der Waals surface area contributed by atoms with Crippen molar-refractivity contribution in [1.29, 1.82) is 0 Å². The van der Waals surface area contributed by atoms with Crippen molar-refractivity contribution in [1.82, 2.24) is 25.5 Å². The van der Waals surface area contributed by atoms with Gasteiger partial charge in [-0.25, -0.2) is 9.78 Å². The van der Waals surface area contributed by atoms with Crippen LogP contribution in [0.1, 0.15) is 35.8 Å². The second kappa shape index (κ2) is 11.9. The first-order valence-corrected chi connectivity index (χ1v) is 13.1. The number of hydrogen-bond donors (Lipinski definition) is 3. The van der Waals surface area contributed by atoms with E-state index in [9.17, 15) is 4.79 Å². The van der Waals surface area contributed by atoms with Crippen LogP contribution in [-0.2, 0) is 12.8 Å². The summed E-state index contributed by atoms with van der Waals surface area (Å²) in [6.07, 6.45) is 3.59. The Hall–Kier alpha value is -3.84. The van der Waals surface area contributed by atoms with Gasteiger partial charge in [0.1, 0.15) is 11.6 Å². The number of urea groups is 1. The Bertz CT molecular complexity index is 1250. The molecular formula is C30H35N5O2. The van der Waals surface area contributed by atoms with Gasteiger partial charge in [0.2, 0.25) is 0 Å². The summed E-state index contributed by atoms with van der Waals surface area (Å²) < 4.78 is 5.29. The third-order valence-corrected chi connectivity index (χ3v) is 7.12. The van der Waals surface area contributed by atoms with Crippen molar-refractivity contribution in [3.05, 3.63) is 95.8 Å². The molecule has 1 aromatic heterocycles. The number of carbonyl (C=O) groups is 1. The smallest absolute Gasteiger partial charge is 0.315 e. The molecule has 192 valence electrons. The van der Waals surface area contributed by atoms with Crippen LogP contribution >= 0.6 is 0 Å². The molecule has 2 amide bonds. The SMILES string of the molecule is COc1ccc(CC(NC(=O)NC2CCN(CCc3ccccc3)CC2)c2nc3ccccc3[nH]2)cc1. The molecule has 0 saturated carbocycles.